The minimum absolute atomic E-state index is 0.300. The number of aliphatic carboxylic acids is 1. The van der Waals surface area contributed by atoms with E-state index in [2.05, 4.69) is 15.5 Å². The first-order valence-electron chi connectivity index (χ1n) is 6.27. The van der Waals surface area contributed by atoms with Gasteiger partial charge in [-0.3, -0.25) is 10.2 Å². The molecule has 1 aromatic carbocycles. The van der Waals surface area contributed by atoms with Gasteiger partial charge in [0.2, 0.25) is 5.13 Å². The van der Waals surface area contributed by atoms with E-state index in [0.29, 0.717) is 17.2 Å². The topological polar surface area (TPSA) is 95.4 Å². The predicted octanol–water partition coefficient (Wildman–Crippen LogP) is 1.89. The normalized spacial score (nSPS) is 16.6. The van der Waals surface area contributed by atoms with Crippen LogP contribution in [0.2, 0.25) is 0 Å². The molecule has 0 spiro atoms. The van der Waals surface area contributed by atoms with Gasteiger partial charge in [0.1, 0.15) is 11.0 Å². The number of carbonyl (C=O) groups is 2. The third kappa shape index (κ3) is 2.45. The van der Waals surface area contributed by atoms with Crippen molar-refractivity contribution in [2.75, 3.05) is 10.2 Å². The van der Waals surface area contributed by atoms with Gasteiger partial charge in [0, 0.05) is 12.1 Å². The second-order valence-electron chi connectivity index (χ2n) is 4.61. The minimum Gasteiger partial charge on any atom is -0.480 e. The zero-order chi connectivity index (χ0) is 15.0. The highest BCUT2D eigenvalue weighted by Gasteiger charge is 2.38. The van der Waals surface area contributed by atoms with E-state index in [4.69, 9.17) is 0 Å². The molecule has 2 N–H and O–H groups in total. The van der Waals surface area contributed by atoms with E-state index in [9.17, 15) is 14.7 Å². The van der Waals surface area contributed by atoms with Crippen molar-refractivity contribution >= 4 is 34.2 Å². The molecule has 0 fully saturated rings. The van der Waals surface area contributed by atoms with Crippen LogP contribution in [0.3, 0.4) is 0 Å². The van der Waals surface area contributed by atoms with Crippen molar-refractivity contribution in [1.82, 2.24) is 10.2 Å². The van der Waals surface area contributed by atoms with Gasteiger partial charge in [0.25, 0.3) is 0 Å². The maximum absolute atomic E-state index is 12.4. The van der Waals surface area contributed by atoms with Crippen LogP contribution in [0.5, 0.6) is 0 Å². The summed E-state index contributed by atoms with van der Waals surface area (Å²) < 4.78 is 0. The number of carboxylic acids is 1. The molecule has 1 unspecified atom stereocenters. The van der Waals surface area contributed by atoms with Crippen LogP contribution in [0.15, 0.2) is 24.3 Å². The highest BCUT2D eigenvalue weighted by atomic mass is 32.1. The average Bonchev–Trinajstić information content (AvgIpc) is 3.02. The number of anilines is 2. The monoisotopic (exact) mass is 304 g/mol. The first-order chi connectivity index (χ1) is 10.1. The third-order valence-corrected chi connectivity index (χ3v) is 3.97. The van der Waals surface area contributed by atoms with Crippen LogP contribution in [-0.2, 0) is 11.2 Å². The van der Waals surface area contributed by atoms with E-state index in [1.54, 1.807) is 19.1 Å². The first-order valence-corrected chi connectivity index (χ1v) is 7.09. The van der Waals surface area contributed by atoms with Crippen LogP contribution in [0, 0.1) is 6.92 Å². The van der Waals surface area contributed by atoms with Gasteiger partial charge in [0.05, 0.1) is 0 Å². The molecule has 0 bridgehead atoms. The summed E-state index contributed by atoms with van der Waals surface area (Å²) in [5.74, 6) is -1.03. The van der Waals surface area contributed by atoms with E-state index >= 15 is 0 Å². The molecule has 2 heterocycles. The summed E-state index contributed by atoms with van der Waals surface area (Å²) >= 11 is 1.24. The van der Waals surface area contributed by atoms with Crippen molar-refractivity contribution in [1.29, 1.82) is 0 Å². The molecule has 3 rings (SSSR count). The van der Waals surface area contributed by atoms with Crippen LogP contribution < -0.4 is 10.2 Å². The van der Waals surface area contributed by atoms with Crippen molar-refractivity contribution in [3.8, 4) is 0 Å². The Kier molecular flexibility index (Phi) is 3.30. The van der Waals surface area contributed by atoms with Crippen LogP contribution in [0.1, 0.15) is 10.6 Å². The molecule has 1 aromatic heterocycles. The summed E-state index contributed by atoms with van der Waals surface area (Å²) in [6, 6.07) is 5.75. The molecule has 2 amide bonds. The van der Waals surface area contributed by atoms with Gasteiger partial charge in [0.15, 0.2) is 0 Å². The van der Waals surface area contributed by atoms with Gasteiger partial charge in [-0.25, -0.2) is 9.59 Å². The number of carbonyl (C=O) groups excluding carboxylic acids is 1. The van der Waals surface area contributed by atoms with Crippen LogP contribution in [0.4, 0.5) is 15.6 Å². The molecule has 2 aromatic rings. The lowest BCUT2D eigenvalue weighted by atomic mass is 10.1. The van der Waals surface area contributed by atoms with E-state index in [1.165, 1.54) is 16.2 Å². The van der Waals surface area contributed by atoms with E-state index in [0.717, 1.165) is 10.6 Å². The molecule has 1 atom stereocenters. The maximum atomic E-state index is 12.4. The molecule has 8 heteroatoms. The second kappa shape index (κ2) is 5.13. The fraction of sp³-hybridized carbons (Fsp3) is 0.231. The Morgan fingerprint density at radius 3 is 2.81 bits per heavy atom. The Morgan fingerprint density at radius 1 is 1.38 bits per heavy atom. The number of fused-ring (bicyclic) bond motifs is 1. The molecule has 0 aliphatic carbocycles. The summed E-state index contributed by atoms with van der Waals surface area (Å²) in [4.78, 5) is 25.0. The summed E-state index contributed by atoms with van der Waals surface area (Å²) in [7, 11) is 0. The van der Waals surface area contributed by atoms with Crippen LogP contribution in [0.25, 0.3) is 0 Å². The first kappa shape index (κ1) is 13.5. The van der Waals surface area contributed by atoms with Gasteiger partial charge in [-0.1, -0.05) is 29.5 Å². The van der Waals surface area contributed by atoms with E-state index in [-0.39, 0.29) is 0 Å². The number of amides is 2. The molecular formula is C13H12N4O3S. The van der Waals surface area contributed by atoms with Gasteiger partial charge in [-0.2, -0.15) is 0 Å². The Hall–Kier alpha value is -2.48. The number of nitrogens with zero attached hydrogens (tertiary/aromatic N) is 3. The Morgan fingerprint density at radius 2 is 2.14 bits per heavy atom. The number of aromatic nitrogens is 2. The lowest BCUT2D eigenvalue weighted by Crippen LogP contribution is -2.45. The number of nitrogens with one attached hydrogen (secondary N) is 1. The van der Waals surface area contributed by atoms with E-state index < -0.39 is 18.0 Å². The highest BCUT2D eigenvalue weighted by molar-refractivity contribution is 7.15. The number of hydrogen-bond acceptors (Lipinski definition) is 5. The molecule has 108 valence electrons. The molecule has 7 nitrogen and oxygen atoms in total. The Balaban J connectivity index is 1.90. The molecule has 0 radical (unpaired) electrons. The number of hydrogen-bond donors (Lipinski definition) is 2. The van der Waals surface area contributed by atoms with E-state index in [1.807, 2.05) is 12.1 Å². The number of para-hydroxylation sites is 1. The summed E-state index contributed by atoms with van der Waals surface area (Å²) in [5, 5.41) is 20.6. The SMILES string of the molecule is Cc1nnc(NC(=O)N2c3ccccc3CC2C(=O)O)s1. The van der Waals surface area contributed by atoms with Gasteiger partial charge in [-0.05, 0) is 18.6 Å². The number of urea groups is 1. The molecule has 0 saturated heterocycles. The fourth-order valence-corrected chi connectivity index (χ4v) is 2.91. The van der Waals surface area contributed by atoms with Crippen molar-refractivity contribution < 1.29 is 14.7 Å². The van der Waals surface area contributed by atoms with Crippen LogP contribution in [-0.4, -0.2) is 33.3 Å². The van der Waals surface area contributed by atoms with Crippen molar-refractivity contribution in [2.45, 2.75) is 19.4 Å². The number of benzene rings is 1. The third-order valence-electron chi connectivity index (χ3n) is 3.22. The molecule has 0 saturated carbocycles. The highest BCUT2D eigenvalue weighted by Crippen LogP contribution is 2.32. The fourth-order valence-electron chi connectivity index (χ4n) is 2.33. The Labute approximate surface area is 124 Å². The zero-order valence-corrected chi connectivity index (χ0v) is 11.9. The molecule has 21 heavy (non-hydrogen) atoms. The quantitative estimate of drug-likeness (QED) is 0.883. The lowest BCUT2D eigenvalue weighted by Gasteiger charge is -2.22. The molecule has 1 aliphatic heterocycles. The summed E-state index contributed by atoms with van der Waals surface area (Å²) in [6.07, 6.45) is 0.300. The maximum Gasteiger partial charge on any atom is 0.328 e. The second-order valence-corrected chi connectivity index (χ2v) is 5.79. The smallest absolute Gasteiger partial charge is 0.328 e. The van der Waals surface area contributed by atoms with Gasteiger partial charge < -0.3 is 5.11 Å². The minimum atomic E-state index is -1.03. The molecule has 1 aliphatic rings. The van der Waals surface area contributed by atoms with Crippen molar-refractivity contribution in [3.63, 3.8) is 0 Å². The van der Waals surface area contributed by atoms with Gasteiger partial charge in [-0.15, -0.1) is 10.2 Å². The number of rotatable bonds is 2. The summed E-state index contributed by atoms with van der Waals surface area (Å²) in [5.41, 5.74) is 1.46. The lowest BCUT2D eigenvalue weighted by molar-refractivity contribution is -0.138. The summed E-state index contributed by atoms with van der Waals surface area (Å²) in [6.45, 7) is 1.78. The van der Waals surface area contributed by atoms with Crippen molar-refractivity contribution in [3.05, 3.63) is 34.8 Å². The Bertz CT molecular complexity index is 715. The molecular weight excluding hydrogens is 292 g/mol. The number of carboxylic acid groups (broad SMARTS) is 1. The standard InChI is InChI=1S/C13H12N4O3S/c1-7-15-16-12(21-7)14-13(20)17-9-5-3-2-4-8(9)6-10(17)11(18)19/h2-5,10H,6H2,1H3,(H,18,19)(H,14,16,20). The zero-order valence-electron chi connectivity index (χ0n) is 11.1. The largest absolute Gasteiger partial charge is 0.480 e. The average molecular weight is 304 g/mol. The number of aryl methyl sites for hydroxylation is 1. The van der Waals surface area contributed by atoms with Crippen molar-refractivity contribution in [2.24, 2.45) is 0 Å². The predicted molar refractivity (Wildman–Crippen MR) is 77.7 cm³/mol. The van der Waals surface area contributed by atoms with Gasteiger partial charge >= 0.3 is 12.0 Å². The van der Waals surface area contributed by atoms with Crippen LogP contribution >= 0.6 is 11.3 Å².